The zero-order valence-electron chi connectivity index (χ0n) is 8.72. The fourth-order valence-corrected chi connectivity index (χ4v) is 1.89. The third-order valence-corrected chi connectivity index (χ3v) is 2.67. The lowest BCUT2D eigenvalue weighted by Gasteiger charge is -2.24. The average Bonchev–Trinajstić information content (AvgIpc) is 2.51. The monoisotopic (exact) mass is 182 g/mol. The van der Waals surface area contributed by atoms with Gasteiger partial charge in [-0.2, -0.15) is 0 Å². The van der Waals surface area contributed by atoms with E-state index in [-0.39, 0.29) is 5.78 Å². The van der Waals surface area contributed by atoms with Crippen LogP contribution < -0.4 is 0 Å². The number of carbonyl (C=O) groups excluding carboxylic acids is 1. The number of hydrogen-bond donors (Lipinski definition) is 0. The SMILES string of the molecule is COC1(C(=O)C=C(C)C)CCCC1. The van der Waals surface area contributed by atoms with Crippen molar-refractivity contribution >= 4 is 5.78 Å². The van der Waals surface area contributed by atoms with Gasteiger partial charge in [0, 0.05) is 7.11 Å². The van der Waals surface area contributed by atoms with Crippen LogP contribution in [0.15, 0.2) is 11.6 Å². The van der Waals surface area contributed by atoms with E-state index in [4.69, 9.17) is 4.74 Å². The molecule has 0 atom stereocenters. The summed E-state index contributed by atoms with van der Waals surface area (Å²) in [5.74, 6) is 0.146. The lowest BCUT2D eigenvalue weighted by atomic mass is 9.95. The van der Waals surface area contributed by atoms with Crippen molar-refractivity contribution in [2.24, 2.45) is 0 Å². The minimum atomic E-state index is -0.489. The van der Waals surface area contributed by atoms with Crippen LogP contribution in [-0.4, -0.2) is 18.5 Å². The molecule has 0 aromatic carbocycles. The van der Waals surface area contributed by atoms with Gasteiger partial charge in [-0.3, -0.25) is 4.79 Å². The summed E-state index contributed by atoms with van der Waals surface area (Å²) in [7, 11) is 1.64. The molecular formula is C11H18O2. The first-order valence-electron chi connectivity index (χ1n) is 4.85. The van der Waals surface area contributed by atoms with E-state index in [1.807, 2.05) is 13.8 Å². The third kappa shape index (κ3) is 2.19. The van der Waals surface area contributed by atoms with Crippen LogP contribution in [0.5, 0.6) is 0 Å². The van der Waals surface area contributed by atoms with Gasteiger partial charge >= 0.3 is 0 Å². The molecule has 0 aromatic heterocycles. The van der Waals surface area contributed by atoms with Gasteiger partial charge in [-0.05, 0) is 45.6 Å². The Hall–Kier alpha value is -0.630. The second-order valence-electron chi connectivity index (χ2n) is 3.99. The molecule has 1 fully saturated rings. The minimum absolute atomic E-state index is 0.146. The maximum absolute atomic E-state index is 11.8. The lowest BCUT2D eigenvalue weighted by Crippen LogP contribution is -2.36. The Balaban J connectivity index is 2.77. The molecule has 0 radical (unpaired) electrons. The van der Waals surface area contributed by atoms with Crippen molar-refractivity contribution in [1.82, 2.24) is 0 Å². The highest BCUT2D eigenvalue weighted by atomic mass is 16.5. The van der Waals surface area contributed by atoms with E-state index >= 15 is 0 Å². The van der Waals surface area contributed by atoms with Crippen molar-refractivity contribution in [1.29, 1.82) is 0 Å². The molecule has 0 aliphatic heterocycles. The molecule has 2 heteroatoms. The van der Waals surface area contributed by atoms with E-state index in [1.165, 1.54) is 0 Å². The second kappa shape index (κ2) is 4.05. The molecule has 74 valence electrons. The molecule has 0 saturated heterocycles. The molecule has 0 spiro atoms. The van der Waals surface area contributed by atoms with Gasteiger partial charge in [0.15, 0.2) is 5.78 Å². The van der Waals surface area contributed by atoms with Crippen LogP contribution in [-0.2, 0) is 9.53 Å². The van der Waals surface area contributed by atoms with Gasteiger partial charge in [0.2, 0.25) is 0 Å². The first-order valence-corrected chi connectivity index (χ1v) is 4.85. The Morgan fingerprint density at radius 2 is 1.85 bits per heavy atom. The Labute approximate surface area is 80.0 Å². The number of carbonyl (C=O) groups is 1. The van der Waals surface area contributed by atoms with Crippen LogP contribution in [0.2, 0.25) is 0 Å². The van der Waals surface area contributed by atoms with E-state index < -0.39 is 5.60 Å². The van der Waals surface area contributed by atoms with Gasteiger partial charge in [0.25, 0.3) is 0 Å². The quantitative estimate of drug-likeness (QED) is 0.627. The molecule has 13 heavy (non-hydrogen) atoms. The minimum Gasteiger partial charge on any atom is -0.370 e. The van der Waals surface area contributed by atoms with Crippen molar-refractivity contribution in [3.8, 4) is 0 Å². The van der Waals surface area contributed by atoms with E-state index in [9.17, 15) is 4.79 Å². The summed E-state index contributed by atoms with van der Waals surface area (Å²) in [5.41, 5.74) is 0.561. The van der Waals surface area contributed by atoms with Gasteiger partial charge in [0.05, 0.1) is 0 Å². The summed E-state index contributed by atoms with van der Waals surface area (Å²) in [6.45, 7) is 3.88. The topological polar surface area (TPSA) is 26.3 Å². The number of rotatable bonds is 3. The van der Waals surface area contributed by atoms with Gasteiger partial charge in [-0.1, -0.05) is 5.57 Å². The lowest BCUT2D eigenvalue weighted by molar-refractivity contribution is -0.135. The average molecular weight is 182 g/mol. The molecule has 2 nitrogen and oxygen atoms in total. The highest BCUT2D eigenvalue weighted by Crippen LogP contribution is 2.33. The molecule has 0 N–H and O–H groups in total. The Kier molecular flexibility index (Phi) is 3.26. The number of methoxy groups -OCH3 is 1. The van der Waals surface area contributed by atoms with Gasteiger partial charge in [-0.15, -0.1) is 0 Å². The smallest absolute Gasteiger partial charge is 0.187 e. The van der Waals surface area contributed by atoms with Crippen molar-refractivity contribution in [2.45, 2.75) is 45.1 Å². The Morgan fingerprint density at radius 3 is 2.23 bits per heavy atom. The summed E-state index contributed by atoms with van der Waals surface area (Å²) in [4.78, 5) is 11.8. The zero-order valence-corrected chi connectivity index (χ0v) is 8.72. The summed E-state index contributed by atoms with van der Waals surface area (Å²) < 4.78 is 5.37. The Bertz CT molecular complexity index is 218. The highest BCUT2D eigenvalue weighted by molar-refractivity contribution is 5.97. The predicted octanol–water partition coefficient (Wildman–Crippen LogP) is 2.48. The van der Waals surface area contributed by atoms with E-state index in [2.05, 4.69) is 0 Å². The molecule has 1 saturated carbocycles. The molecule has 0 unspecified atom stereocenters. The molecule has 1 rings (SSSR count). The standard InChI is InChI=1S/C11H18O2/c1-9(2)8-10(12)11(13-3)6-4-5-7-11/h8H,4-7H2,1-3H3. The molecule has 1 aliphatic carbocycles. The van der Waals surface area contributed by atoms with Crippen molar-refractivity contribution in [3.05, 3.63) is 11.6 Å². The number of allylic oxidation sites excluding steroid dienone is 1. The third-order valence-electron chi connectivity index (χ3n) is 2.67. The van der Waals surface area contributed by atoms with Gasteiger partial charge in [-0.25, -0.2) is 0 Å². The summed E-state index contributed by atoms with van der Waals surface area (Å²) >= 11 is 0. The maximum atomic E-state index is 11.8. The molecular weight excluding hydrogens is 164 g/mol. The summed E-state index contributed by atoms with van der Waals surface area (Å²) in [5, 5.41) is 0. The molecule has 0 heterocycles. The van der Waals surface area contributed by atoms with Crippen molar-refractivity contribution in [2.75, 3.05) is 7.11 Å². The van der Waals surface area contributed by atoms with Crippen LogP contribution in [0.25, 0.3) is 0 Å². The van der Waals surface area contributed by atoms with E-state index in [0.717, 1.165) is 31.3 Å². The second-order valence-corrected chi connectivity index (χ2v) is 3.99. The number of ether oxygens (including phenoxy) is 1. The normalized spacial score (nSPS) is 19.9. The number of hydrogen-bond acceptors (Lipinski definition) is 2. The van der Waals surface area contributed by atoms with Crippen molar-refractivity contribution < 1.29 is 9.53 Å². The Morgan fingerprint density at radius 1 is 1.31 bits per heavy atom. The first kappa shape index (κ1) is 10.5. The number of ketones is 1. The molecule has 0 aromatic rings. The highest BCUT2D eigenvalue weighted by Gasteiger charge is 2.39. The molecule has 1 aliphatic rings. The van der Waals surface area contributed by atoms with Crippen LogP contribution in [0, 0.1) is 0 Å². The van der Waals surface area contributed by atoms with E-state index in [1.54, 1.807) is 13.2 Å². The maximum Gasteiger partial charge on any atom is 0.187 e. The van der Waals surface area contributed by atoms with Crippen LogP contribution in [0.3, 0.4) is 0 Å². The zero-order chi connectivity index (χ0) is 9.90. The fraction of sp³-hybridized carbons (Fsp3) is 0.727. The van der Waals surface area contributed by atoms with Crippen LogP contribution in [0.1, 0.15) is 39.5 Å². The van der Waals surface area contributed by atoms with Crippen molar-refractivity contribution in [3.63, 3.8) is 0 Å². The summed E-state index contributed by atoms with van der Waals surface area (Å²) in [6, 6.07) is 0. The van der Waals surface area contributed by atoms with Gasteiger partial charge < -0.3 is 4.74 Å². The fourth-order valence-electron chi connectivity index (χ4n) is 1.89. The van der Waals surface area contributed by atoms with Crippen LogP contribution in [0.4, 0.5) is 0 Å². The predicted molar refractivity (Wildman–Crippen MR) is 52.6 cm³/mol. The van der Waals surface area contributed by atoms with E-state index in [0.29, 0.717) is 0 Å². The van der Waals surface area contributed by atoms with Crippen LogP contribution >= 0.6 is 0 Å². The first-order chi connectivity index (χ1) is 6.10. The summed E-state index contributed by atoms with van der Waals surface area (Å²) in [6.07, 6.45) is 5.68. The van der Waals surface area contributed by atoms with Gasteiger partial charge in [0.1, 0.15) is 5.60 Å². The molecule has 0 amide bonds. The molecule has 0 bridgehead atoms. The largest absolute Gasteiger partial charge is 0.370 e.